The van der Waals surface area contributed by atoms with Crippen LogP contribution in [0.3, 0.4) is 0 Å². The van der Waals surface area contributed by atoms with Crippen LogP contribution < -0.4 is 15.5 Å². The molecule has 10 heteroatoms. The lowest BCUT2D eigenvalue weighted by molar-refractivity contribution is -0.136. The van der Waals surface area contributed by atoms with E-state index in [2.05, 4.69) is 45.4 Å². The van der Waals surface area contributed by atoms with Crippen molar-refractivity contribution < 1.29 is 19.5 Å². The highest BCUT2D eigenvalue weighted by Crippen LogP contribution is 2.28. The van der Waals surface area contributed by atoms with E-state index < -0.39 is 11.9 Å². The summed E-state index contributed by atoms with van der Waals surface area (Å²) >= 11 is 1.50. The van der Waals surface area contributed by atoms with Crippen molar-refractivity contribution in [2.75, 3.05) is 34.4 Å². The Morgan fingerprint density at radius 1 is 0.867 bits per heavy atom. The molecule has 232 valence electrons. The Balaban J connectivity index is 1.34. The summed E-state index contributed by atoms with van der Waals surface area (Å²) in [6, 6.07) is 18.9. The largest absolute Gasteiger partial charge is 0.481 e. The van der Waals surface area contributed by atoms with Crippen LogP contribution in [-0.4, -0.2) is 51.7 Å². The number of benzene rings is 3. The monoisotopic (exact) mass is 623 g/mol. The Kier molecular flexibility index (Phi) is 10.5. The maximum Gasteiger partial charge on any atom is 0.304 e. The van der Waals surface area contributed by atoms with Crippen molar-refractivity contribution >= 4 is 46.7 Å². The van der Waals surface area contributed by atoms with Gasteiger partial charge in [0, 0.05) is 41.4 Å². The van der Waals surface area contributed by atoms with Gasteiger partial charge in [-0.1, -0.05) is 24.3 Å². The van der Waals surface area contributed by atoms with Crippen LogP contribution in [0.1, 0.15) is 63.1 Å². The van der Waals surface area contributed by atoms with E-state index in [0.29, 0.717) is 39.8 Å². The molecule has 0 spiro atoms. The molecule has 0 radical (unpaired) electrons. The average Bonchev–Trinajstić information content (AvgIpc) is 3.05. The minimum Gasteiger partial charge on any atom is -0.481 e. The number of piperidine rings is 1. The number of nitrogens with zero attached hydrogens (tertiary/aromatic N) is 3. The van der Waals surface area contributed by atoms with Gasteiger partial charge in [-0.05, 0) is 86.2 Å². The maximum absolute atomic E-state index is 13.7. The topological polar surface area (TPSA) is 125 Å². The summed E-state index contributed by atoms with van der Waals surface area (Å²) in [5.74, 6) is -0.183. The zero-order chi connectivity index (χ0) is 31.8. The highest BCUT2D eigenvalue weighted by Gasteiger charge is 2.20. The molecule has 0 unspecified atom stereocenters. The van der Waals surface area contributed by atoms with Gasteiger partial charge in [0.1, 0.15) is 0 Å². The van der Waals surface area contributed by atoms with Crippen LogP contribution in [0.15, 0.2) is 73.1 Å². The SMILES string of the molecule is Cc1ccc(-c2cnc(NC(=O)c3cc(N4CCCCC4)ccc3NC(=O)c3cccc(CSCCC(=O)O)c3)cn2)cc1C. The number of carboxylic acid groups (broad SMARTS) is 1. The second-order valence-electron chi connectivity index (χ2n) is 11.2. The van der Waals surface area contributed by atoms with Crippen LogP contribution in [0.25, 0.3) is 11.3 Å². The number of carbonyl (C=O) groups is 3. The fraction of sp³-hybridized carbons (Fsp3) is 0.286. The summed E-state index contributed by atoms with van der Waals surface area (Å²) in [4.78, 5) is 49.1. The van der Waals surface area contributed by atoms with E-state index in [1.165, 1.54) is 29.9 Å². The third-order valence-electron chi connectivity index (χ3n) is 7.83. The lowest BCUT2D eigenvalue weighted by Crippen LogP contribution is -2.29. The van der Waals surface area contributed by atoms with Crippen LogP contribution >= 0.6 is 11.8 Å². The van der Waals surface area contributed by atoms with Crippen LogP contribution in [0.2, 0.25) is 0 Å². The number of aryl methyl sites for hydroxylation is 2. The van der Waals surface area contributed by atoms with Gasteiger partial charge in [-0.25, -0.2) is 4.98 Å². The molecular weight excluding hydrogens is 586 g/mol. The fourth-order valence-corrected chi connectivity index (χ4v) is 6.03. The average molecular weight is 624 g/mol. The van der Waals surface area contributed by atoms with Gasteiger partial charge in [-0.2, -0.15) is 11.8 Å². The van der Waals surface area contributed by atoms with Crippen LogP contribution in [0.4, 0.5) is 17.2 Å². The third-order valence-corrected chi connectivity index (χ3v) is 8.86. The molecular formula is C35H37N5O4S. The van der Waals surface area contributed by atoms with Gasteiger partial charge in [-0.15, -0.1) is 0 Å². The molecule has 5 rings (SSSR count). The summed E-state index contributed by atoms with van der Waals surface area (Å²) in [7, 11) is 0. The molecule has 3 N–H and O–H groups in total. The molecule has 3 aromatic carbocycles. The summed E-state index contributed by atoms with van der Waals surface area (Å²) in [6.07, 6.45) is 6.63. The molecule has 45 heavy (non-hydrogen) atoms. The van der Waals surface area contributed by atoms with Gasteiger partial charge in [0.05, 0.1) is 35.8 Å². The van der Waals surface area contributed by atoms with E-state index in [1.807, 2.05) is 30.3 Å². The molecule has 0 saturated carbocycles. The van der Waals surface area contributed by atoms with E-state index in [0.717, 1.165) is 48.3 Å². The molecule has 9 nitrogen and oxygen atoms in total. The number of hydrogen-bond donors (Lipinski definition) is 3. The Morgan fingerprint density at radius 3 is 2.42 bits per heavy atom. The second-order valence-corrected chi connectivity index (χ2v) is 12.3. The number of anilines is 3. The number of amides is 2. The predicted molar refractivity (Wildman–Crippen MR) is 180 cm³/mol. The van der Waals surface area contributed by atoms with Crippen molar-refractivity contribution in [3.8, 4) is 11.3 Å². The Bertz CT molecular complexity index is 1690. The van der Waals surface area contributed by atoms with Crippen molar-refractivity contribution in [3.63, 3.8) is 0 Å². The van der Waals surface area contributed by atoms with E-state index in [-0.39, 0.29) is 12.3 Å². The van der Waals surface area contributed by atoms with Crippen molar-refractivity contribution in [3.05, 3.63) is 101 Å². The fourth-order valence-electron chi connectivity index (χ4n) is 5.15. The molecule has 0 atom stereocenters. The molecule has 2 heterocycles. The van der Waals surface area contributed by atoms with E-state index in [1.54, 1.807) is 30.5 Å². The normalized spacial score (nSPS) is 12.9. The smallest absolute Gasteiger partial charge is 0.304 e. The highest BCUT2D eigenvalue weighted by atomic mass is 32.2. The standard InChI is InChI=1S/C35H37N5O4S/c1-23-9-10-26(17-24(23)2)31-20-37-32(21-36-31)39-35(44)29-19-28(40-14-4-3-5-15-40)11-12-30(29)38-34(43)27-8-6-7-25(18-27)22-45-16-13-33(41)42/h6-12,17-21H,3-5,13-16,22H2,1-2H3,(H,38,43)(H,41,42)(H,37,39,44). The maximum atomic E-state index is 13.7. The zero-order valence-corrected chi connectivity index (χ0v) is 26.3. The quantitative estimate of drug-likeness (QED) is 0.153. The second kappa shape index (κ2) is 14.9. The first kappa shape index (κ1) is 31.7. The van der Waals surface area contributed by atoms with E-state index in [4.69, 9.17) is 5.11 Å². The van der Waals surface area contributed by atoms with Gasteiger partial charge in [-0.3, -0.25) is 19.4 Å². The first-order valence-electron chi connectivity index (χ1n) is 15.1. The first-order valence-corrected chi connectivity index (χ1v) is 16.2. The lowest BCUT2D eigenvalue weighted by atomic mass is 10.0. The van der Waals surface area contributed by atoms with Crippen LogP contribution in [-0.2, 0) is 10.5 Å². The van der Waals surface area contributed by atoms with Crippen molar-refractivity contribution in [2.24, 2.45) is 0 Å². The van der Waals surface area contributed by atoms with Gasteiger partial charge in [0.2, 0.25) is 0 Å². The minimum atomic E-state index is -0.830. The third kappa shape index (κ3) is 8.48. The number of aliphatic carboxylic acids is 1. The first-order chi connectivity index (χ1) is 21.8. The molecule has 4 aromatic rings. The predicted octanol–water partition coefficient (Wildman–Crippen LogP) is 6.96. The van der Waals surface area contributed by atoms with Crippen molar-refractivity contribution in [2.45, 2.75) is 45.3 Å². The number of rotatable bonds is 11. The number of nitrogens with one attached hydrogen (secondary N) is 2. The lowest BCUT2D eigenvalue weighted by Gasteiger charge is -2.29. The van der Waals surface area contributed by atoms with Crippen molar-refractivity contribution in [1.29, 1.82) is 0 Å². The molecule has 1 aliphatic heterocycles. The molecule has 1 aromatic heterocycles. The summed E-state index contributed by atoms with van der Waals surface area (Å²) in [5.41, 5.74) is 7.02. The number of thioether (sulfide) groups is 1. The van der Waals surface area contributed by atoms with Crippen molar-refractivity contribution in [1.82, 2.24) is 9.97 Å². The number of carbonyl (C=O) groups excluding carboxylic acids is 2. The zero-order valence-electron chi connectivity index (χ0n) is 25.5. The minimum absolute atomic E-state index is 0.0886. The highest BCUT2D eigenvalue weighted by molar-refractivity contribution is 7.98. The van der Waals surface area contributed by atoms with Gasteiger partial charge >= 0.3 is 5.97 Å². The van der Waals surface area contributed by atoms with Gasteiger partial charge < -0.3 is 20.6 Å². The summed E-state index contributed by atoms with van der Waals surface area (Å²) in [5, 5.41) is 14.7. The number of carboxylic acids is 1. The molecule has 1 fully saturated rings. The number of hydrogen-bond acceptors (Lipinski definition) is 7. The van der Waals surface area contributed by atoms with E-state index in [9.17, 15) is 14.4 Å². The van der Waals surface area contributed by atoms with E-state index >= 15 is 0 Å². The Morgan fingerprint density at radius 2 is 1.69 bits per heavy atom. The number of aromatic nitrogens is 2. The van der Waals surface area contributed by atoms with Gasteiger partial charge in [0.15, 0.2) is 5.82 Å². The van der Waals surface area contributed by atoms with Crippen LogP contribution in [0, 0.1) is 13.8 Å². The van der Waals surface area contributed by atoms with Crippen LogP contribution in [0.5, 0.6) is 0 Å². The Labute approximate surface area is 267 Å². The van der Waals surface area contributed by atoms with Gasteiger partial charge in [0.25, 0.3) is 11.8 Å². The Hall–Kier alpha value is -4.70. The molecule has 0 bridgehead atoms. The molecule has 1 aliphatic rings. The summed E-state index contributed by atoms with van der Waals surface area (Å²) in [6.45, 7) is 5.94. The molecule has 1 saturated heterocycles. The summed E-state index contributed by atoms with van der Waals surface area (Å²) < 4.78 is 0. The molecule has 2 amide bonds. The molecule has 0 aliphatic carbocycles.